The van der Waals surface area contributed by atoms with E-state index in [0.717, 1.165) is 33.4 Å². The topological polar surface area (TPSA) is 123 Å². The molecule has 10 heteroatoms. The Morgan fingerprint density at radius 1 is 1.07 bits per heavy atom. The highest BCUT2D eigenvalue weighted by atomic mass is 32.2. The predicted molar refractivity (Wildman–Crippen MR) is 166 cm³/mol. The van der Waals surface area contributed by atoms with E-state index in [2.05, 4.69) is 4.98 Å². The van der Waals surface area contributed by atoms with Crippen molar-refractivity contribution in [3.63, 3.8) is 0 Å². The standard InChI is InChI=1S/C33H40N2O7S/c1-21-15-26(41-13-8-14-43(6,39)40)16-22(2)30(21)24-10-7-9-23(17-24)20-35(32(38)42-33(3,4)5)29-12-11-25(19-34-29)27-18-28(27)31(36)37/h7,9-12,15-17,19,27-28H,8,13-14,18,20H2,1-6H3,(H,36,37)/t27-,28+/m0/s1. The Morgan fingerprint density at radius 2 is 1.77 bits per heavy atom. The first-order chi connectivity index (χ1) is 20.1. The molecule has 0 saturated heterocycles. The number of carboxylic acids is 1. The minimum absolute atomic E-state index is 0.0542. The molecule has 1 aliphatic rings. The first kappa shape index (κ1) is 32.0. The molecule has 230 valence electrons. The van der Waals surface area contributed by atoms with Gasteiger partial charge in [0.05, 0.1) is 24.8 Å². The van der Waals surface area contributed by atoms with Crippen LogP contribution in [-0.4, -0.2) is 54.8 Å². The highest BCUT2D eigenvalue weighted by Crippen LogP contribution is 2.47. The highest BCUT2D eigenvalue weighted by Gasteiger charge is 2.44. The fourth-order valence-electron chi connectivity index (χ4n) is 5.15. The van der Waals surface area contributed by atoms with Gasteiger partial charge in [0.25, 0.3) is 0 Å². The molecule has 1 saturated carbocycles. The van der Waals surface area contributed by atoms with Crippen LogP contribution >= 0.6 is 0 Å². The number of rotatable bonds is 11. The first-order valence-corrected chi connectivity index (χ1v) is 16.4. The van der Waals surface area contributed by atoms with Crippen LogP contribution in [0.15, 0.2) is 54.7 Å². The lowest BCUT2D eigenvalue weighted by Gasteiger charge is -2.27. The van der Waals surface area contributed by atoms with Gasteiger partial charge in [-0.1, -0.05) is 24.3 Å². The van der Waals surface area contributed by atoms with E-state index in [-0.39, 0.29) is 24.1 Å². The number of aromatic nitrogens is 1. The van der Waals surface area contributed by atoms with E-state index in [1.807, 2.05) is 77.1 Å². The fraction of sp³-hybridized carbons (Fsp3) is 0.424. The molecule has 1 amide bonds. The molecular weight excluding hydrogens is 568 g/mol. The van der Waals surface area contributed by atoms with Crippen LogP contribution in [0, 0.1) is 19.8 Å². The van der Waals surface area contributed by atoms with Gasteiger partial charge in [-0.15, -0.1) is 0 Å². The summed E-state index contributed by atoms with van der Waals surface area (Å²) in [5, 5.41) is 9.28. The van der Waals surface area contributed by atoms with Gasteiger partial charge >= 0.3 is 12.1 Å². The molecule has 0 unspecified atom stereocenters. The molecule has 1 fully saturated rings. The second kappa shape index (κ2) is 12.8. The summed E-state index contributed by atoms with van der Waals surface area (Å²) >= 11 is 0. The molecule has 0 radical (unpaired) electrons. The van der Waals surface area contributed by atoms with E-state index < -0.39 is 27.5 Å². The SMILES string of the molecule is Cc1cc(OCCCS(C)(=O)=O)cc(C)c1-c1cccc(CN(C(=O)OC(C)(C)C)c2ccc([C@@H]3C[C@H]3C(=O)O)cn2)c1. The van der Waals surface area contributed by atoms with Gasteiger partial charge in [0.2, 0.25) is 0 Å². The zero-order chi connectivity index (χ0) is 31.5. The number of aryl methyl sites for hydroxylation is 2. The molecule has 0 spiro atoms. The summed E-state index contributed by atoms with van der Waals surface area (Å²) in [4.78, 5) is 30.7. The molecule has 3 aromatic rings. The lowest BCUT2D eigenvalue weighted by atomic mass is 9.94. The van der Waals surface area contributed by atoms with Crippen LogP contribution < -0.4 is 9.64 Å². The Morgan fingerprint density at radius 3 is 2.33 bits per heavy atom. The van der Waals surface area contributed by atoms with E-state index in [1.54, 1.807) is 12.3 Å². The number of carbonyl (C=O) groups excluding carboxylic acids is 1. The summed E-state index contributed by atoms with van der Waals surface area (Å²) < 4.78 is 34.3. The highest BCUT2D eigenvalue weighted by molar-refractivity contribution is 7.90. The van der Waals surface area contributed by atoms with Gasteiger partial charge in [-0.2, -0.15) is 0 Å². The van der Waals surface area contributed by atoms with E-state index in [0.29, 0.717) is 31.0 Å². The summed E-state index contributed by atoms with van der Waals surface area (Å²) in [6, 6.07) is 15.4. The quantitative estimate of drug-likeness (QED) is 0.251. The molecule has 0 aliphatic heterocycles. The third kappa shape index (κ3) is 8.79. The molecule has 4 rings (SSSR count). The van der Waals surface area contributed by atoms with Crippen LogP contribution in [0.3, 0.4) is 0 Å². The predicted octanol–water partition coefficient (Wildman–Crippen LogP) is 6.31. The summed E-state index contributed by atoms with van der Waals surface area (Å²) in [5.41, 5.74) is 5.07. The maximum atomic E-state index is 13.3. The van der Waals surface area contributed by atoms with Gasteiger partial charge in [0, 0.05) is 12.5 Å². The number of pyridine rings is 1. The maximum absolute atomic E-state index is 13.3. The Bertz CT molecular complexity index is 1570. The Kier molecular flexibility index (Phi) is 9.49. The van der Waals surface area contributed by atoms with Crippen LogP contribution in [0.5, 0.6) is 5.75 Å². The van der Waals surface area contributed by atoms with Crippen LogP contribution in [0.2, 0.25) is 0 Å². The number of amides is 1. The number of benzene rings is 2. The summed E-state index contributed by atoms with van der Waals surface area (Å²) in [6.07, 6.45) is 3.35. The molecule has 9 nitrogen and oxygen atoms in total. The average molecular weight is 609 g/mol. The number of carboxylic acid groups (broad SMARTS) is 1. The van der Waals surface area contributed by atoms with Crippen LogP contribution in [0.4, 0.5) is 10.6 Å². The number of sulfone groups is 1. The third-order valence-electron chi connectivity index (χ3n) is 7.19. The average Bonchev–Trinajstić information content (AvgIpc) is 3.70. The number of anilines is 1. The minimum atomic E-state index is -3.03. The van der Waals surface area contributed by atoms with E-state index >= 15 is 0 Å². The number of aliphatic carboxylic acids is 1. The van der Waals surface area contributed by atoms with Crippen molar-refractivity contribution in [1.29, 1.82) is 0 Å². The molecule has 1 aromatic heterocycles. The van der Waals surface area contributed by atoms with Gasteiger partial charge in [-0.25, -0.2) is 18.2 Å². The smallest absolute Gasteiger partial charge is 0.416 e. The molecule has 1 N–H and O–H groups in total. The van der Waals surface area contributed by atoms with Gasteiger partial charge < -0.3 is 14.6 Å². The largest absolute Gasteiger partial charge is 0.494 e. The molecule has 2 aromatic carbocycles. The van der Waals surface area contributed by atoms with Crippen molar-refractivity contribution in [2.24, 2.45) is 5.92 Å². The fourth-order valence-corrected chi connectivity index (χ4v) is 5.79. The lowest BCUT2D eigenvalue weighted by molar-refractivity contribution is -0.138. The Labute approximate surface area is 253 Å². The number of carbonyl (C=O) groups is 2. The van der Waals surface area contributed by atoms with Crippen LogP contribution in [0.1, 0.15) is 61.8 Å². The number of ether oxygens (including phenoxy) is 2. The van der Waals surface area contributed by atoms with Crippen molar-refractivity contribution in [2.45, 2.75) is 65.5 Å². The molecule has 0 bridgehead atoms. The Hall–Kier alpha value is -3.92. The van der Waals surface area contributed by atoms with Crippen molar-refractivity contribution >= 4 is 27.7 Å². The third-order valence-corrected chi connectivity index (χ3v) is 8.22. The number of hydrogen-bond acceptors (Lipinski definition) is 7. The van der Waals surface area contributed by atoms with E-state index in [9.17, 15) is 23.1 Å². The van der Waals surface area contributed by atoms with Gasteiger partial charge in [0.15, 0.2) is 0 Å². The Balaban J connectivity index is 1.56. The summed E-state index contributed by atoms with van der Waals surface area (Å²) in [5.74, 6) is -0.0509. The molecule has 1 aliphatic carbocycles. The molecule has 1 heterocycles. The normalized spacial score (nSPS) is 16.4. The minimum Gasteiger partial charge on any atom is -0.494 e. The summed E-state index contributed by atoms with van der Waals surface area (Å²) in [6.45, 7) is 9.97. The zero-order valence-electron chi connectivity index (χ0n) is 25.6. The maximum Gasteiger partial charge on any atom is 0.416 e. The van der Waals surface area contributed by atoms with Crippen molar-refractivity contribution in [2.75, 3.05) is 23.5 Å². The molecule has 43 heavy (non-hydrogen) atoms. The van der Waals surface area contributed by atoms with Gasteiger partial charge in [-0.05, 0) is 111 Å². The van der Waals surface area contributed by atoms with Crippen molar-refractivity contribution in [3.8, 4) is 16.9 Å². The second-order valence-electron chi connectivity index (χ2n) is 12.3. The number of hydrogen-bond donors (Lipinski definition) is 1. The van der Waals surface area contributed by atoms with Gasteiger partial charge in [0.1, 0.15) is 27.0 Å². The summed E-state index contributed by atoms with van der Waals surface area (Å²) in [7, 11) is -3.03. The molecular formula is C33H40N2O7S. The van der Waals surface area contributed by atoms with E-state index in [1.165, 1.54) is 11.2 Å². The van der Waals surface area contributed by atoms with Crippen molar-refractivity contribution in [1.82, 2.24) is 4.98 Å². The lowest BCUT2D eigenvalue weighted by Crippen LogP contribution is -2.37. The van der Waals surface area contributed by atoms with Gasteiger partial charge in [-0.3, -0.25) is 9.69 Å². The zero-order valence-corrected chi connectivity index (χ0v) is 26.4. The second-order valence-corrected chi connectivity index (χ2v) is 14.5. The van der Waals surface area contributed by atoms with Crippen LogP contribution in [0.25, 0.3) is 11.1 Å². The van der Waals surface area contributed by atoms with Crippen molar-refractivity contribution in [3.05, 3.63) is 77.0 Å². The number of nitrogens with zero attached hydrogens (tertiary/aromatic N) is 2. The molecule has 2 atom stereocenters. The monoisotopic (exact) mass is 608 g/mol. The van der Waals surface area contributed by atoms with E-state index in [4.69, 9.17) is 9.47 Å². The van der Waals surface area contributed by atoms with Crippen LogP contribution in [-0.2, 0) is 25.9 Å². The van der Waals surface area contributed by atoms with Crippen molar-refractivity contribution < 1.29 is 32.6 Å². The first-order valence-electron chi connectivity index (χ1n) is 14.3.